The molecule has 0 heterocycles. The van der Waals surface area contributed by atoms with Gasteiger partial charge in [-0.25, -0.2) is 4.79 Å². The predicted molar refractivity (Wildman–Crippen MR) is 148 cm³/mol. The van der Waals surface area contributed by atoms with Crippen molar-refractivity contribution in [2.75, 3.05) is 6.61 Å². The van der Waals surface area contributed by atoms with Crippen LogP contribution in [0.15, 0.2) is 47.6 Å². The van der Waals surface area contributed by atoms with Gasteiger partial charge in [-0.05, 0) is 61.0 Å². The van der Waals surface area contributed by atoms with Crippen LogP contribution >= 0.6 is 0 Å². The standard InChI is InChI=1S/C32H44O6/c1-22(2)25-17-15-23(3)19-29(25)37-21-32(36)38-30-20-28(33)26(13-9-4-5-10-14-31(34)35)27(30)18-16-24-11-7-6-8-12-24/h6-8,11-12,16,18,22-23,25,29-30H,4-5,9-10,13-15,17,19-21H2,1-3H3,(H,34,35)/b18-16+. The van der Waals surface area contributed by atoms with E-state index in [1.807, 2.05) is 42.5 Å². The molecule has 0 amide bonds. The third-order valence-corrected chi connectivity index (χ3v) is 7.88. The number of hydrogen-bond donors (Lipinski definition) is 1. The summed E-state index contributed by atoms with van der Waals surface area (Å²) in [5.74, 6) is 0.340. The van der Waals surface area contributed by atoms with Crippen LogP contribution in [0.3, 0.4) is 0 Å². The van der Waals surface area contributed by atoms with Gasteiger partial charge in [-0.3, -0.25) is 9.59 Å². The van der Waals surface area contributed by atoms with Crippen molar-refractivity contribution in [2.45, 2.75) is 97.2 Å². The number of carboxylic acids is 1. The van der Waals surface area contributed by atoms with Gasteiger partial charge in [0.05, 0.1) is 12.5 Å². The molecule has 0 aliphatic heterocycles. The number of ether oxygens (including phenoxy) is 2. The van der Waals surface area contributed by atoms with Gasteiger partial charge in [-0.15, -0.1) is 0 Å². The van der Waals surface area contributed by atoms with Gasteiger partial charge >= 0.3 is 11.9 Å². The van der Waals surface area contributed by atoms with Crippen LogP contribution in [0.1, 0.15) is 90.5 Å². The van der Waals surface area contributed by atoms with Gasteiger partial charge in [0.25, 0.3) is 0 Å². The van der Waals surface area contributed by atoms with Gasteiger partial charge < -0.3 is 14.6 Å². The van der Waals surface area contributed by atoms with Crippen molar-refractivity contribution in [1.82, 2.24) is 0 Å². The van der Waals surface area contributed by atoms with Crippen molar-refractivity contribution in [3.05, 3.63) is 53.1 Å². The van der Waals surface area contributed by atoms with E-state index in [2.05, 4.69) is 20.8 Å². The second kappa shape index (κ2) is 15.0. The van der Waals surface area contributed by atoms with Crippen LogP contribution in [0.5, 0.6) is 0 Å². The van der Waals surface area contributed by atoms with E-state index in [0.717, 1.165) is 48.8 Å². The van der Waals surface area contributed by atoms with Crippen LogP contribution < -0.4 is 0 Å². The Morgan fingerprint density at radius 3 is 2.50 bits per heavy atom. The molecule has 208 valence electrons. The summed E-state index contributed by atoms with van der Waals surface area (Å²) in [7, 11) is 0. The van der Waals surface area contributed by atoms with Gasteiger partial charge in [0.15, 0.2) is 5.78 Å². The highest BCUT2D eigenvalue weighted by molar-refractivity contribution is 6.00. The fourth-order valence-corrected chi connectivity index (χ4v) is 5.71. The van der Waals surface area contributed by atoms with Crippen LogP contribution in [-0.2, 0) is 23.9 Å². The number of unbranched alkanes of at least 4 members (excludes halogenated alkanes) is 3. The molecular formula is C32H44O6. The fourth-order valence-electron chi connectivity index (χ4n) is 5.71. The average molecular weight is 525 g/mol. The zero-order valence-electron chi connectivity index (χ0n) is 23.2. The summed E-state index contributed by atoms with van der Waals surface area (Å²) >= 11 is 0. The van der Waals surface area contributed by atoms with Crippen molar-refractivity contribution in [3.8, 4) is 0 Å². The van der Waals surface area contributed by atoms with Crippen molar-refractivity contribution < 1.29 is 29.0 Å². The van der Waals surface area contributed by atoms with E-state index >= 15 is 0 Å². The van der Waals surface area contributed by atoms with Crippen molar-refractivity contribution in [2.24, 2.45) is 17.8 Å². The number of carboxylic acid groups (broad SMARTS) is 1. The smallest absolute Gasteiger partial charge is 0.332 e. The Balaban J connectivity index is 1.64. The highest BCUT2D eigenvalue weighted by Crippen LogP contribution is 2.36. The number of aliphatic carboxylic acids is 1. The summed E-state index contributed by atoms with van der Waals surface area (Å²) in [6, 6.07) is 9.84. The highest BCUT2D eigenvalue weighted by Gasteiger charge is 2.35. The third kappa shape index (κ3) is 9.23. The Morgan fingerprint density at radius 1 is 1.05 bits per heavy atom. The SMILES string of the molecule is CC1CCC(C(C)C)C(OCC(=O)OC2CC(=O)C(CCCCCCC(=O)O)=C2/C=C/c2ccccc2)C1. The number of Topliss-reactive ketones (excluding diaryl/α,β-unsaturated/α-hetero) is 1. The zero-order valence-corrected chi connectivity index (χ0v) is 23.2. The van der Waals surface area contributed by atoms with Crippen LogP contribution in [0.25, 0.3) is 6.08 Å². The molecule has 0 aromatic heterocycles. The van der Waals surface area contributed by atoms with Crippen molar-refractivity contribution in [1.29, 1.82) is 0 Å². The summed E-state index contributed by atoms with van der Waals surface area (Å²) in [6.07, 6.45) is 10.6. The average Bonchev–Trinajstić information content (AvgIpc) is 3.17. The Bertz CT molecular complexity index is 992. The summed E-state index contributed by atoms with van der Waals surface area (Å²) < 4.78 is 11.9. The quantitative estimate of drug-likeness (QED) is 0.213. The number of benzene rings is 1. The largest absolute Gasteiger partial charge is 0.481 e. The molecule has 6 heteroatoms. The first-order chi connectivity index (χ1) is 18.2. The molecule has 0 saturated heterocycles. The first-order valence-corrected chi connectivity index (χ1v) is 14.3. The molecule has 1 saturated carbocycles. The maximum Gasteiger partial charge on any atom is 0.332 e. The molecule has 4 unspecified atom stereocenters. The van der Waals surface area contributed by atoms with Gasteiger partial charge in [0, 0.05) is 12.0 Å². The van der Waals surface area contributed by atoms with Gasteiger partial charge in [0.1, 0.15) is 12.7 Å². The Labute approximate surface area is 227 Å². The lowest BCUT2D eigenvalue weighted by Gasteiger charge is -2.37. The fraction of sp³-hybridized carbons (Fsp3) is 0.594. The van der Waals surface area contributed by atoms with E-state index in [1.54, 1.807) is 0 Å². The van der Waals surface area contributed by atoms with Crippen LogP contribution in [0.4, 0.5) is 0 Å². The number of carbonyl (C=O) groups is 3. The van der Waals surface area contributed by atoms with Crippen LogP contribution in [0.2, 0.25) is 0 Å². The highest BCUT2D eigenvalue weighted by atomic mass is 16.6. The Kier molecular flexibility index (Phi) is 11.8. The number of hydrogen-bond acceptors (Lipinski definition) is 5. The number of esters is 1. The minimum atomic E-state index is -0.779. The number of carbonyl (C=O) groups excluding carboxylic acids is 2. The summed E-state index contributed by atoms with van der Waals surface area (Å²) in [5.41, 5.74) is 2.49. The van der Waals surface area contributed by atoms with Crippen molar-refractivity contribution in [3.63, 3.8) is 0 Å². The number of allylic oxidation sites excluding steroid dienone is 1. The summed E-state index contributed by atoms with van der Waals surface area (Å²) in [5, 5.41) is 8.82. The van der Waals surface area contributed by atoms with E-state index in [0.29, 0.717) is 30.6 Å². The maximum atomic E-state index is 13.0. The Morgan fingerprint density at radius 2 is 1.79 bits per heavy atom. The van der Waals surface area contributed by atoms with Crippen molar-refractivity contribution >= 4 is 23.8 Å². The van der Waals surface area contributed by atoms with E-state index in [-0.39, 0.29) is 31.3 Å². The molecule has 38 heavy (non-hydrogen) atoms. The maximum absolute atomic E-state index is 13.0. The van der Waals surface area contributed by atoms with Gasteiger partial charge in [-0.2, -0.15) is 0 Å². The Hall–Kier alpha value is -2.73. The minimum absolute atomic E-state index is 0.0166. The summed E-state index contributed by atoms with van der Waals surface area (Å²) in [6.45, 7) is 6.56. The zero-order chi connectivity index (χ0) is 27.5. The lowest BCUT2D eigenvalue weighted by atomic mass is 9.75. The first kappa shape index (κ1) is 29.8. The van der Waals surface area contributed by atoms with Gasteiger partial charge in [-0.1, -0.05) is 82.5 Å². The molecule has 1 aromatic rings. The van der Waals surface area contributed by atoms with Crippen LogP contribution in [0, 0.1) is 17.8 Å². The molecule has 0 radical (unpaired) electrons. The molecule has 1 fully saturated rings. The molecule has 1 aromatic carbocycles. The molecule has 6 nitrogen and oxygen atoms in total. The minimum Gasteiger partial charge on any atom is -0.481 e. The number of rotatable bonds is 14. The van der Waals surface area contributed by atoms with E-state index in [9.17, 15) is 14.4 Å². The predicted octanol–water partition coefficient (Wildman–Crippen LogP) is 6.78. The molecule has 2 aliphatic rings. The third-order valence-electron chi connectivity index (χ3n) is 7.88. The van der Waals surface area contributed by atoms with Gasteiger partial charge in [0.2, 0.25) is 0 Å². The molecule has 4 atom stereocenters. The lowest BCUT2D eigenvalue weighted by molar-refractivity contribution is -0.158. The second-order valence-corrected chi connectivity index (χ2v) is 11.3. The number of ketones is 1. The molecule has 1 N–H and O–H groups in total. The van der Waals surface area contributed by atoms with E-state index < -0.39 is 18.0 Å². The molecule has 0 bridgehead atoms. The summed E-state index contributed by atoms with van der Waals surface area (Å²) in [4.78, 5) is 36.6. The second-order valence-electron chi connectivity index (χ2n) is 11.3. The first-order valence-electron chi connectivity index (χ1n) is 14.3. The van der Waals surface area contributed by atoms with E-state index in [1.165, 1.54) is 6.42 Å². The monoisotopic (exact) mass is 524 g/mol. The molecule has 3 rings (SSSR count). The molecule has 2 aliphatic carbocycles. The molecule has 0 spiro atoms. The normalized spacial score (nSPS) is 23.9. The molecular weight excluding hydrogens is 480 g/mol. The van der Waals surface area contributed by atoms with E-state index in [4.69, 9.17) is 14.6 Å². The van der Waals surface area contributed by atoms with Crippen LogP contribution in [-0.4, -0.2) is 41.6 Å². The lowest BCUT2D eigenvalue weighted by Crippen LogP contribution is -2.36. The topological polar surface area (TPSA) is 89.9 Å².